The first-order valence-electron chi connectivity index (χ1n) is 6.03. The first-order chi connectivity index (χ1) is 7.70. The van der Waals surface area contributed by atoms with E-state index < -0.39 is 0 Å². The van der Waals surface area contributed by atoms with Crippen LogP contribution in [0.1, 0.15) is 42.7 Å². The Bertz CT molecular complexity index is 336. The largest absolute Gasteiger partial charge is 0.381 e. The van der Waals surface area contributed by atoms with Crippen molar-refractivity contribution in [1.82, 2.24) is 5.32 Å². The Morgan fingerprint density at radius 3 is 2.88 bits per heavy atom. The van der Waals surface area contributed by atoms with E-state index in [1.165, 1.54) is 23.3 Å². The number of aryl methyl sites for hydroxylation is 1. The molecule has 0 radical (unpaired) electrons. The molecule has 3 heteroatoms. The van der Waals surface area contributed by atoms with Crippen LogP contribution in [-0.2, 0) is 4.74 Å². The first-order valence-corrected chi connectivity index (χ1v) is 6.91. The van der Waals surface area contributed by atoms with E-state index in [0.717, 1.165) is 6.42 Å². The highest BCUT2D eigenvalue weighted by atomic mass is 32.1. The Kier molecular flexibility index (Phi) is 4.00. The van der Waals surface area contributed by atoms with E-state index in [9.17, 15) is 0 Å². The number of hydrogen-bond donors (Lipinski definition) is 1. The fraction of sp³-hybridized carbons (Fsp3) is 0.692. The summed E-state index contributed by atoms with van der Waals surface area (Å²) in [6, 6.07) is 3.30. The van der Waals surface area contributed by atoms with E-state index >= 15 is 0 Å². The van der Waals surface area contributed by atoms with E-state index in [1.54, 1.807) is 0 Å². The molecule has 3 unspecified atom stereocenters. The lowest BCUT2D eigenvalue weighted by Crippen LogP contribution is -2.29. The van der Waals surface area contributed by atoms with Gasteiger partial charge < -0.3 is 10.1 Å². The van der Waals surface area contributed by atoms with Gasteiger partial charge in [0.15, 0.2) is 0 Å². The predicted octanol–water partition coefficient (Wildman–Crippen LogP) is 3.27. The first kappa shape index (κ1) is 12.1. The summed E-state index contributed by atoms with van der Waals surface area (Å²) >= 11 is 1.85. The summed E-state index contributed by atoms with van der Waals surface area (Å²) in [5.41, 5.74) is 1.41. The number of ether oxygens (including phenoxy) is 1. The van der Waals surface area contributed by atoms with Gasteiger partial charge in [0.05, 0.1) is 6.10 Å². The molecule has 0 aliphatic heterocycles. The van der Waals surface area contributed by atoms with Crippen LogP contribution in [-0.4, -0.2) is 19.3 Å². The molecule has 90 valence electrons. The van der Waals surface area contributed by atoms with Crippen LogP contribution < -0.4 is 5.32 Å². The van der Waals surface area contributed by atoms with E-state index in [4.69, 9.17) is 4.74 Å². The maximum absolute atomic E-state index is 5.40. The molecule has 0 amide bonds. The molecular weight excluding hydrogens is 218 g/mol. The van der Waals surface area contributed by atoms with Crippen LogP contribution in [0.25, 0.3) is 0 Å². The van der Waals surface area contributed by atoms with Crippen molar-refractivity contribution in [3.05, 3.63) is 21.9 Å². The van der Waals surface area contributed by atoms with Gasteiger partial charge in [0.2, 0.25) is 0 Å². The molecule has 1 saturated carbocycles. The van der Waals surface area contributed by atoms with Gasteiger partial charge in [-0.25, -0.2) is 0 Å². The average Bonchev–Trinajstić information content (AvgIpc) is 2.86. The summed E-state index contributed by atoms with van der Waals surface area (Å²) in [6.45, 7) is 4.45. The number of methoxy groups -OCH3 is 1. The third kappa shape index (κ3) is 2.65. The van der Waals surface area contributed by atoms with Crippen molar-refractivity contribution < 1.29 is 4.74 Å². The lowest BCUT2D eigenvalue weighted by molar-refractivity contribution is 0.106. The summed E-state index contributed by atoms with van der Waals surface area (Å²) in [5.74, 6) is 0. The summed E-state index contributed by atoms with van der Waals surface area (Å²) in [6.07, 6.45) is 4.07. The molecule has 0 aromatic carbocycles. The summed E-state index contributed by atoms with van der Waals surface area (Å²) in [5, 5.41) is 5.89. The van der Waals surface area contributed by atoms with Crippen molar-refractivity contribution in [1.29, 1.82) is 0 Å². The minimum absolute atomic E-state index is 0.467. The average molecular weight is 239 g/mol. The fourth-order valence-electron chi connectivity index (χ4n) is 2.56. The number of nitrogens with one attached hydrogen (secondary N) is 1. The van der Waals surface area contributed by atoms with Crippen LogP contribution in [0.5, 0.6) is 0 Å². The Morgan fingerprint density at radius 2 is 2.31 bits per heavy atom. The number of thiophene rings is 1. The van der Waals surface area contributed by atoms with Crippen LogP contribution in [0.4, 0.5) is 0 Å². The van der Waals surface area contributed by atoms with Crippen LogP contribution in [0.15, 0.2) is 11.4 Å². The maximum atomic E-state index is 5.40. The zero-order chi connectivity index (χ0) is 11.5. The van der Waals surface area contributed by atoms with Gasteiger partial charge in [-0.05, 0) is 50.1 Å². The molecule has 0 bridgehead atoms. The monoisotopic (exact) mass is 239 g/mol. The zero-order valence-electron chi connectivity index (χ0n) is 10.3. The minimum Gasteiger partial charge on any atom is -0.381 e. The molecule has 0 saturated heterocycles. The Balaban J connectivity index is 1.89. The highest BCUT2D eigenvalue weighted by Crippen LogP contribution is 2.27. The molecule has 1 aliphatic carbocycles. The van der Waals surface area contributed by atoms with Crippen LogP contribution >= 0.6 is 11.3 Å². The second kappa shape index (κ2) is 5.30. The van der Waals surface area contributed by atoms with E-state index in [-0.39, 0.29) is 0 Å². The molecule has 1 fully saturated rings. The molecule has 0 spiro atoms. The fourth-order valence-corrected chi connectivity index (χ4v) is 3.51. The normalized spacial score (nSPS) is 27.2. The highest BCUT2D eigenvalue weighted by Gasteiger charge is 2.25. The van der Waals surface area contributed by atoms with Crippen molar-refractivity contribution in [3.63, 3.8) is 0 Å². The summed E-state index contributed by atoms with van der Waals surface area (Å²) in [7, 11) is 1.82. The van der Waals surface area contributed by atoms with Crippen molar-refractivity contribution in [2.24, 2.45) is 0 Å². The Morgan fingerprint density at radius 1 is 1.50 bits per heavy atom. The maximum Gasteiger partial charge on any atom is 0.0586 e. The number of hydrogen-bond acceptors (Lipinski definition) is 3. The Labute approximate surface area is 102 Å². The predicted molar refractivity (Wildman–Crippen MR) is 69.0 cm³/mol. The minimum atomic E-state index is 0.467. The SMILES string of the molecule is COC1CCC(NC(C)c2sccc2C)C1. The molecule has 3 atom stereocenters. The lowest BCUT2D eigenvalue weighted by Gasteiger charge is -2.19. The van der Waals surface area contributed by atoms with Gasteiger partial charge in [-0.1, -0.05) is 0 Å². The van der Waals surface area contributed by atoms with Crippen molar-refractivity contribution in [2.45, 2.75) is 51.3 Å². The number of rotatable bonds is 4. The molecule has 1 heterocycles. The molecular formula is C13H21NOS. The molecule has 2 rings (SSSR count). The van der Waals surface area contributed by atoms with E-state index in [1.807, 2.05) is 18.4 Å². The van der Waals surface area contributed by atoms with Crippen molar-refractivity contribution >= 4 is 11.3 Å². The van der Waals surface area contributed by atoms with Crippen LogP contribution in [0.3, 0.4) is 0 Å². The smallest absolute Gasteiger partial charge is 0.0586 e. The second-order valence-electron chi connectivity index (χ2n) is 4.72. The molecule has 16 heavy (non-hydrogen) atoms. The third-order valence-electron chi connectivity index (χ3n) is 3.50. The topological polar surface area (TPSA) is 21.3 Å². The van der Waals surface area contributed by atoms with Gasteiger partial charge in [-0.3, -0.25) is 0 Å². The molecule has 1 aromatic heterocycles. The van der Waals surface area contributed by atoms with Gasteiger partial charge in [0, 0.05) is 24.1 Å². The van der Waals surface area contributed by atoms with Crippen LogP contribution in [0.2, 0.25) is 0 Å². The molecule has 1 aromatic rings. The zero-order valence-corrected chi connectivity index (χ0v) is 11.1. The standard InChI is InChI=1S/C13H21NOS/c1-9-6-7-16-13(9)10(2)14-11-4-5-12(8-11)15-3/h6-7,10-12,14H,4-5,8H2,1-3H3. The van der Waals surface area contributed by atoms with Crippen molar-refractivity contribution in [3.8, 4) is 0 Å². The van der Waals surface area contributed by atoms with E-state index in [2.05, 4.69) is 30.6 Å². The lowest BCUT2D eigenvalue weighted by atomic mass is 10.1. The molecule has 1 N–H and O–H groups in total. The molecule has 2 nitrogen and oxygen atoms in total. The quantitative estimate of drug-likeness (QED) is 0.870. The third-order valence-corrected chi connectivity index (χ3v) is 4.70. The molecule has 1 aliphatic rings. The van der Waals surface area contributed by atoms with Gasteiger partial charge in [0.1, 0.15) is 0 Å². The highest BCUT2D eigenvalue weighted by molar-refractivity contribution is 7.10. The van der Waals surface area contributed by atoms with Gasteiger partial charge in [0.25, 0.3) is 0 Å². The summed E-state index contributed by atoms with van der Waals surface area (Å²) in [4.78, 5) is 1.47. The van der Waals surface area contributed by atoms with Crippen molar-refractivity contribution in [2.75, 3.05) is 7.11 Å². The van der Waals surface area contributed by atoms with E-state index in [0.29, 0.717) is 18.2 Å². The van der Waals surface area contributed by atoms with Gasteiger partial charge >= 0.3 is 0 Å². The van der Waals surface area contributed by atoms with Crippen LogP contribution in [0, 0.1) is 6.92 Å². The second-order valence-corrected chi connectivity index (χ2v) is 5.67. The van der Waals surface area contributed by atoms with Gasteiger partial charge in [-0.15, -0.1) is 11.3 Å². The Hall–Kier alpha value is -0.380. The summed E-state index contributed by atoms with van der Waals surface area (Å²) < 4.78 is 5.40. The van der Waals surface area contributed by atoms with Gasteiger partial charge in [-0.2, -0.15) is 0 Å².